The maximum Gasteiger partial charge on any atom is 0.197 e. The van der Waals surface area contributed by atoms with E-state index in [2.05, 4.69) is 5.32 Å². The van der Waals surface area contributed by atoms with Crippen molar-refractivity contribution in [2.75, 3.05) is 27.3 Å². The van der Waals surface area contributed by atoms with Crippen molar-refractivity contribution in [1.29, 1.82) is 0 Å². The summed E-state index contributed by atoms with van der Waals surface area (Å²) in [6, 6.07) is 1.88. The van der Waals surface area contributed by atoms with Crippen LogP contribution in [0.5, 0.6) is 11.5 Å². The lowest BCUT2D eigenvalue weighted by Crippen LogP contribution is -2.29. The van der Waals surface area contributed by atoms with E-state index in [1.807, 2.05) is 13.0 Å². The second-order valence-electron chi connectivity index (χ2n) is 4.71. The molecule has 1 aliphatic rings. The van der Waals surface area contributed by atoms with Crippen LogP contribution in [0.25, 0.3) is 0 Å². The van der Waals surface area contributed by atoms with Gasteiger partial charge in [0.05, 0.1) is 14.2 Å². The van der Waals surface area contributed by atoms with E-state index in [-0.39, 0.29) is 17.5 Å². The van der Waals surface area contributed by atoms with Crippen LogP contribution in [0.2, 0.25) is 0 Å². The number of benzene rings is 1. The molecule has 1 aromatic rings. The standard InChI is InChI=1S/C14H20FNO2/c1-9-7-11(10-5-4-6-16-8-10)12(15)14(18-3)13(9)17-2/h7,10,16H,4-6,8H2,1-3H3. The molecule has 0 radical (unpaired) electrons. The van der Waals surface area contributed by atoms with Crippen LogP contribution in [0.3, 0.4) is 0 Å². The molecule has 1 aliphatic heterocycles. The fraction of sp³-hybridized carbons (Fsp3) is 0.571. The van der Waals surface area contributed by atoms with Crippen molar-refractivity contribution in [3.8, 4) is 11.5 Å². The predicted molar refractivity (Wildman–Crippen MR) is 69.1 cm³/mol. The Hall–Kier alpha value is -1.29. The first-order valence-corrected chi connectivity index (χ1v) is 6.30. The molecule has 1 fully saturated rings. The van der Waals surface area contributed by atoms with Crippen molar-refractivity contribution >= 4 is 0 Å². The number of nitrogens with one attached hydrogen (secondary N) is 1. The highest BCUT2D eigenvalue weighted by molar-refractivity contribution is 5.51. The van der Waals surface area contributed by atoms with E-state index >= 15 is 0 Å². The van der Waals surface area contributed by atoms with Gasteiger partial charge in [-0.3, -0.25) is 0 Å². The zero-order chi connectivity index (χ0) is 13.1. The number of hydrogen-bond donors (Lipinski definition) is 1. The smallest absolute Gasteiger partial charge is 0.197 e. The number of halogens is 1. The highest BCUT2D eigenvalue weighted by Crippen LogP contribution is 2.39. The molecule has 1 atom stereocenters. The van der Waals surface area contributed by atoms with Gasteiger partial charge in [0.1, 0.15) is 0 Å². The minimum atomic E-state index is -0.284. The largest absolute Gasteiger partial charge is 0.492 e. The average molecular weight is 253 g/mol. The van der Waals surface area contributed by atoms with Gasteiger partial charge in [0.25, 0.3) is 0 Å². The molecule has 0 aliphatic carbocycles. The second kappa shape index (κ2) is 5.57. The van der Waals surface area contributed by atoms with Gasteiger partial charge in [0.2, 0.25) is 0 Å². The fourth-order valence-corrected chi connectivity index (χ4v) is 2.62. The van der Waals surface area contributed by atoms with Crippen LogP contribution in [0.15, 0.2) is 6.07 Å². The number of methoxy groups -OCH3 is 2. The molecule has 0 aromatic heterocycles. The van der Waals surface area contributed by atoms with E-state index in [1.54, 1.807) is 0 Å². The summed E-state index contributed by atoms with van der Waals surface area (Å²) in [5, 5.41) is 3.31. The minimum Gasteiger partial charge on any atom is -0.492 e. The average Bonchev–Trinajstić information content (AvgIpc) is 2.41. The van der Waals surface area contributed by atoms with Crippen molar-refractivity contribution in [2.24, 2.45) is 0 Å². The van der Waals surface area contributed by atoms with Gasteiger partial charge in [-0.2, -0.15) is 0 Å². The number of ether oxygens (including phenoxy) is 2. The number of piperidine rings is 1. The summed E-state index contributed by atoms with van der Waals surface area (Å²) in [6.45, 7) is 3.76. The fourth-order valence-electron chi connectivity index (χ4n) is 2.62. The summed E-state index contributed by atoms with van der Waals surface area (Å²) in [5.41, 5.74) is 1.65. The first-order chi connectivity index (χ1) is 8.69. The number of rotatable bonds is 3. The predicted octanol–water partition coefficient (Wildman–Crippen LogP) is 2.62. The SMILES string of the molecule is COc1c(C)cc(C2CCCNC2)c(F)c1OC. The molecule has 0 spiro atoms. The van der Waals surface area contributed by atoms with Crippen LogP contribution < -0.4 is 14.8 Å². The van der Waals surface area contributed by atoms with Gasteiger partial charge in [-0.05, 0) is 49.4 Å². The van der Waals surface area contributed by atoms with E-state index in [9.17, 15) is 4.39 Å². The highest BCUT2D eigenvalue weighted by atomic mass is 19.1. The van der Waals surface area contributed by atoms with E-state index in [0.717, 1.165) is 37.1 Å². The zero-order valence-corrected chi connectivity index (χ0v) is 11.2. The monoisotopic (exact) mass is 253 g/mol. The van der Waals surface area contributed by atoms with Crippen LogP contribution in [0, 0.1) is 12.7 Å². The topological polar surface area (TPSA) is 30.5 Å². The van der Waals surface area contributed by atoms with Crippen molar-refractivity contribution in [2.45, 2.75) is 25.7 Å². The van der Waals surface area contributed by atoms with E-state index < -0.39 is 0 Å². The molecule has 1 unspecified atom stereocenters. The number of hydrogen-bond acceptors (Lipinski definition) is 3. The van der Waals surface area contributed by atoms with Crippen LogP contribution in [0.4, 0.5) is 4.39 Å². The molecule has 1 N–H and O–H groups in total. The molecule has 0 bridgehead atoms. The lowest BCUT2D eigenvalue weighted by Gasteiger charge is -2.25. The minimum absolute atomic E-state index is 0.220. The van der Waals surface area contributed by atoms with Crippen LogP contribution in [-0.2, 0) is 0 Å². The third kappa shape index (κ3) is 2.29. The van der Waals surface area contributed by atoms with E-state index in [4.69, 9.17) is 9.47 Å². The summed E-state index contributed by atoms with van der Waals surface area (Å²) < 4.78 is 24.8. The Kier molecular flexibility index (Phi) is 4.07. The molecule has 100 valence electrons. The van der Waals surface area contributed by atoms with Crippen LogP contribution in [-0.4, -0.2) is 27.3 Å². The Morgan fingerprint density at radius 2 is 2.00 bits per heavy atom. The molecule has 0 saturated carbocycles. The Labute approximate surface area is 107 Å². The zero-order valence-electron chi connectivity index (χ0n) is 11.2. The molecule has 3 nitrogen and oxygen atoms in total. The van der Waals surface area contributed by atoms with Crippen molar-refractivity contribution < 1.29 is 13.9 Å². The lowest BCUT2D eigenvalue weighted by molar-refractivity contribution is 0.331. The van der Waals surface area contributed by atoms with Gasteiger partial charge in [0, 0.05) is 6.54 Å². The van der Waals surface area contributed by atoms with Gasteiger partial charge in [-0.1, -0.05) is 0 Å². The van der Waals surface area contributed by atoms with Gasteiger partial charge in [0.15, 0.2) is 17.3 Å². The summed E-state index contributed by atoms with van der Waals surface area (Å²) >= 11 is 0. The molecule has 1 saturated heterocycles. The molecule has 18 heavy (non-hydrogen) atoms. The highest BCUT2D eigenvalue weighted by Gasteiger charge is 2.24. The van der Waals surface area contributed by atoms with Gasteiger partial charge in [-0.25, -0.2) is 4.39 Å². The first-order valence-electron chi connectivity index (χ1n) is 6.30. The molecule has 1 aromatic carbocycles. The summed E-state index contributed by atoms with van der Waals surface area (Å²) in [7, 11) is 3.01. The van der Waals surface area contributed by atoms with Crippen molar-refractivity contribution in [1.82, 2.24) is 5.32 Å². The maximum atomic E-state index is 14.5. The first kappa shape index (κ1) is 13.1. The normalized spacial score (nSPS) is 19.7. The second-order valence-corrected chi connectivity index (χ2v) is 4.71. The van der Waals surface area contributed by atoms with E-state index in [1.165, 1.54) is 14.2 Å². The van der Waals surface area contributed by atoms with E-state index in [0.29, 0.717) is 5.75 Å². The summed E-state index contributed by atoms with van der Waals surface area (Å²) in [5.74, 6) is 0.645. The molecular formula is C14H20FNO2. The molecule has 0 amide bonds. The molecule has 2 rings (SSSR count). The van der Waals surface area contributed by atoms with Crippen molar-refractivity contribution in [3.63, 3.8) is 0 Å². The summed E-state index contributed by atoms with van der Waals surface area (Å²) in [4.78, 5) is 0. The van der Waals surface area contributed by atoms with Gasteiger partial charge >= 0.3 is 0 Å². The maximum absolute atomic E-state index is 14.5. The number of aryl methyl sites for hydroxylation is 1. The molecule has 1 heterocycles. The van der Waals surface area contributed by atoms with Crippen LogP contribution >= 0.6 is 0 Å². The Bertz CT molecular complexity index is 428. The Morgan fingerprint density at radius 1 is 1.28 bits per heavy atom. The molecule has 4 heteroatoms. The third-order valence-corrected chi connectivity index (χ3v) is 3.53. The Balaban J connectivity index is 2.44. The Morgan fingerprint density at radius 3 is 2.56 bits per heavy atom. The third-order valence-electron chi connectivity index (χ3n) is 3.53. The molecular weight excluding hydrogens is 233 g/mol. The quantitative estimate of drug-likeness (QED) is 0.898. The van der Waals surface area contributed by atoms with Gasteiger partial charge in [-0.15, -0.1) is 0 Å². The van der Waals surface area contributed by atoms with Crippen LogP contribution in [0.1, 0.15) is 29.9 Å². The van der Waals surface area contributed by atoms with Gasteiger partial charge < -0.3 is 14.8 Å². The lowest BCUT2D eigenvalue weighted by atomic mass is 9.90. The summed E-state index contributed by atoms with van der Waals surface area (Å²) in [6.07, 6.45) is 2.09. The van der Waals surface area contributed by atoms with Crippen molar-refractivity contribution in [3.05, 3.63) is 23.0 Å².